The second-order valence-corrected chi connectivity index (χ2v) is 6.75. The van der Waals surface area contributed by atoms with Crippen LogP contribution in [0.25, 0.3) is 0 Å². The van der Waals surface area contributed by atoms with E-state index in [1.807, 2.05) is 18.2 Å². The highest BCUT2D eigenvalue weighted by Gasteiger charge is 2.42. The summed E-state index contributed by atoms with van der Waals surface area (Å²) in [6.45, 7) is 0.446. The molecule has 27 heavy (non-hydrogen) atoms. The molecule has 0 saturated carbocycles. The molecule has 3 atom stereocenters. The van der Waals surface area contributed by atoms with E-state index in [9.17, 15) is 9.90 Å². The Balaban J connectivity index is 1.40. The summed E-state index contributed by atoms with van der Waals surface area (Å²) in [4.78, 5) is 13.0. The van der Waals surface area contributed by atoms with Gasteiger partial charge >= 0.3 is 0 Å². The Hall–Kier alpha value is -2.77. The highest BCUT2D eigenvalue weighted by molar-refractivity contribution is 5.99. The zero-order valence-corrected chi connectivity index (χ0v) is 14.4. The van der Waals surface area contributed by atoms with Crippen LogP contribution in [0.4, 0.5) is 0 Å². The van der Waals surface area contributed by atoms with Gasteiger partial charge < -0.3 is 28.8 Å². The number of aliphatic hydroxyl groups excluding tert-OH is 1. The molecule has 1 fully saturated rings. The van der Waals surface area contributed by atoms with E-state index in [1.165, 1.54) is 0 Å². The molecule has 2 aromatic carbocycles. The molecule has 0 aromatic heterocycles. The van der Waals surface area contributed by atoms with Crippen molar-refractivity contribution in [2.45, 2.75) is 6.10 Å². The first-order chi connectivity index (χ1) is 13.2. The largest absolute Gasteiger partial charge is 0.454 e. The lowest BCUT2D eigenvalue weighted by molar-refractivity contribution is 0.0713. The molecule has 3 aliphatic heterocycles. The van der Waals surface area contributed by atoms with Gasteiger partial charge in [0.2, 0.25) is 13.6 Å². The summed E-state index contributed by atoms with van der Waals surface area (Å²) in [5, 5.41) is 9.98. The van der Waals surface area contributed by atoms with Gasteiger partial charge in [0.1, 0.15) is 0 Å². The number of carbonyl (C=O) groups is 1. The summed E-state index contributed by atoms with van der Waals surface area (Å²) in [6.07, 6.45) is -0.382. The second kappa shape index (κ2) is 6.44. The van der Waals surface area contributed by atoms with Gasteiger partial charge in [-0.05, 0) is 35.9 Å². The lowest BCUT2D eigenvalue weighted by Crippen LogP contribution is -2.26. The van der Waals surface area contributed by atoms with Gasteiger partial charge in [0.05, 0.1) is 18.6 Å². The standard InChI is InChI=1S/C20H18O7/c21-7-13-14(19(22)11-1-3-15-17(5-11)26-9-24-15)8-23-20(13)12-2-4-16-18(6-12)27-10-25-16/h1-6,13-14,20-21H,7-10H2/t13?,14?,20-/m1/s1. The molecule has 3 heterocycles. The van der Waals surface area contributed by atoms with Crippen molar-refractivity contribution in [1.29, 1.82) is 0 Å². The van der Waals surface area contributed by atoms with Crippen molar-refractivity contribution in [3.8, 4) is 23.0 Å². The number of ether oxygens (including phenoxy) is 5. The Morgan fingerprint density at radius 3 is 2.33 bits per heavy atom. The van der Waals surface area contributed by atoms with Crippen LogP contribution in [0.15, 0.2) is 36.4 Å². The number of ketones is 1. The van der Waals surface area contributed by atoms with Gasteiger partial charge in [0, 0.05) is 18.1 Å². The molecule has 0 aliphatic carbocycles. The van der Waals surface area contributed by atoms with Crippen molar-refractivity contribution >= 4 is 5.78 Å². The van der Waals surface area contributed by atoms with Crippen LogP contribution in [0, 0.1) is 11.8 Å². The average Bonchev–Trinajstić information content (AvgIpc) is 3.44. The molecule has 3 aliphatic rings. The summed E-state index contributed by atoms with van der Waals surface area (Å²) < 4.78 is 27.3. The number of carbonyl (C=O) groups excluding carboxylic acids is 1. The van der Waals surface area contributed by atoms with E-state index in [0.29, 0.717) is 28.6 Å². The first-order valence-corrected chi connectivity index (χ1v) is 8.80. The number of hydrogen-bond donors (Lipinski definition) is 1. The van der Waals surface area contributed by atoms with Crippen molar-refractivity contribution in [2.24, 2.45) is 11.8 Å². The minimum absolute atomic E-state index is 0.0735. The van der Waals surface area contributed by atoms with Gasteiger partial charge in [-0.25, -0.2) is 0 Å². The quantitative estimate of drug-likeness (QED) is 0.827. The number of benzene rings is 2. The molecule has 2 aromatic rings. The van der Waals surface area contributed by atoms with Crippen molar-refractivity contribution < 1.29 is 33.6 Å². The maximum absolute atomic E-state index is 13.0. The molecule has 2 unspecified atom stereocenters. The van der Waals surface area contributed by atoms with Crippen LogP contribution in [-0.2, 0) is 4.74 Å². The van der Waals surface area contributed by atoms with E-state index < -0.39 is 5.92 Å². The summed E-state index contributed by atoms with van der Waals surface area (Å²) in [5.74, 6) is 1.67. The number of Topliss-reactive ketones (excluding diaryl/α,β-unsaturated/α-hetero) is 1. The molecule has 1 saturated heterocycles. The van der Waals surface area contributed by atoms with Gasteiger partial charge in [0.25, 0.3) is 0 Å². The smallest absolute Gasteiger partial charge is 0.231 e. The number of hydrogen-bond acceptors (Lipinski definition) is 7. The maximum Gasteiger partial charge on any atom is 0.231 e. The zero-order chi connectivity index (χ0) is 18.4. The van der Waals surface area contributed by atoms with Crippen LogP contribution in [0.5, 0.6) is 23.0 Å². The summed E-state index contributed by atoms with van der Waals surface area (Å²) in [5.41, 5.74) is 1.39. The van der Waals surface area contributed by atoms with Crippen LogP contribution in [-0.4, -0.2) is 37.7 Å². The molecule has 0 radical (unpaired) electrons. The van der Waals surface area contributed by atoms with E-state index in [1.54, 1.807) is 18.2 Å². The van der Waals surface area contributed by atoms with Gasteiger partial charge in [0.15, 0.2) is 28.8 Å². The van der Waals surface area contributed by atoms with Crippen molar-refractivity contribution in [3.05, 3.63) is 47.5 Å². The Kier molecular flexibility index (Phi) is 3.91. The minimum atomic E-state index is -0.439. The average molecular weight is 370 g/mol. The maximum atomic E-state index is 13.0. The predicted molar refractivity (Wildman–Crippen MR) is 92.2 cm³/mol. The fraction of sp³-hybridized carbons (Fsp3) is 0.350. The molecule has 1 N–H and O–H groups in total. The molecule has 7 nitrogen and oxygen atoms in total. The monoisotopic (exact) mass is 370 g/mol. The van der Waals surface area contributed by atoms with Crippen LogP contribution >= 0.6 is 0 Å². The predicted octanol–water partition coefficient (Wildman–Crippen LogP) is 2.32. The lowest BCUT2D eigenvalue weighted by atomic mass is 9.83. The summed E-state index contributed by atoms with van der Waals surface area (Å²) in [7, 11) is 0. The van der Waals surface area contributed by atoms with E-state index in [-0.39, 0.29) is 44.6 Å². The number of fused-ring (bicyclic) bond motifs is 2. The molecule has 0 bridgehead atoms. The van der Waals surface area contributed by atoms with E-state index in [2.05, 4.69) is 0 Å². The lowest BCUT2D eigenvalue weighted by Gasteiger charge is -2.20. The third-order valence-electron chi connectivity index (χ3n) is 5.29. The van der Waals surface area contributed by atoms with Gasteiger partial charge in [-0.2, -0.15) is 0 Å². The molecular formula is C20H18O7. The van der Waals surface area contributed by atoms with Crippen LogP contribution in [0.2, 0.25) is 0 Å². The van der Waals surface area contributed by atoms with Crippen molar-refractivity contribution in [2.75, 3.05) is 26.8 Å². The SMILES string of the molecule is O=C(c1ccc2c(c1)OCO2)C1CO[C@H](c2ccc3c(c2)OCO3)C1CO. The van der Waals surface area contributed by atoms with Crippen molar-refractivity contribution in [3.63, 3.8) is 0 Å². The van der Waals surface area contributed by atoms with Gasteiger partial charge in [-0.1, -0.05) is 6.07 Å². The van der Waals surface area contributed by atoms with Gasteiger partial charge in [-0.3, -0.25) is 4.79 Å². The highest BCUT2D eigenvalue weighted by Crippen LogP contribution is 2.43. The Labute approximate surface area is 155 Å². The minimum Gasteiger partial charge on any atom is -0.454 e. The Morgan fingerprint density at radius 2 is 1.59 bits per heavy atom. The van der Waals surface area contributed by atoms with Crippen LogP contribution in [0.1, 0.15) is 22.0 Å². The summed E-state index contributed by atoms with van der Waals surface area (Å²) in [6, 6.07) is 10.7. The van der Waals surface area contributed by atoms with Gasteiger partial charge in [-0.15, -0.1) is 0 Å². The topological polar surface area (TPSA) is 83.5 Å². The van der Waals surface area contributed by atoms with E-state index >= 15 is 0 Å². The van der Waals surface area contributed by atoms with E-state index in [0.717, 1.165) is 5.56 Å². The number of rotatable bonds is 4. The first kappa shape index (κ1) is 16.4. The third-order valence-corrected chi connectivity index (χ3v) is 5.29. The van der Waals surface area contributed by atoms with Crippen molar-refractivity contribution in [1.82, 2.24) is 0 Å². The Morgan fingerprint density at radius 1 is 0.926 bits per heavy atom. The highest BCUT2D eigenvalue weighted by atomic mass is 16.7. The fourth-order valence-electron chi connectivity index (χ4n) is 3.86. The summed E-state index contributed by atoms with van der Waals surface area (Å²) >= 11 is 0. The molecule has 5 rings (SSSR count). The molecule has 0 amide bonds. The normalized spacial score (nSPS) is 25.0. The molecule has 7 heteroatoms. The van der Waals surface area contributed by atoms with Crippen LogP contribution in [0.3, 0.4) is 0 Å². The molecular weight excluding hydrogens is 352 g/mol. The molecule has 140 valence electrons. The molecule has 0 spiro atoms. The first-order valence-electron chi connectivity index (χ1n) is 8.80. The third kappa shape index (κ3) is 2.70. The second-order valence-electron chi connectivity index (χ2n) is 6.75. The number of aliphatic hydroxyl groups is 1. The van der Waals surface area contributed by atoms with E-state index in [4.69, 9.17) is 23.7 Å². The van der Waals surface area contributed by atoms with Crippen LogP contribution < -0.4 is 18.9 Å². The fourth-order valence-corrected chi connectivity index (χ4v) is 3.86. The Bertz CT molecular complexity index is 894. The zero-order valence-electron chi connectivity index (χ0n) is 14.4.